The molecule has 0 radical (unpaired) electrons. The van der Waals surface area contributed by atoms with E-state index in [1.807, 2.05) is 0 Å². The van der Waals surface area contributed by atoms with Crippen LogP contribution in [-0.4, -0.2) is 18.6 Å². The number of fused-ring (bicyclic) bond motifs is 12. The van der Waals surface area contributed by atoms with Crippen LogP contribution in [0.5, 0.6) is 35.1 Å². The molecule has 10 rings (SSSR count). The van der Waals surface area contributed by atoms with E-state index in [0.29, 0.717) is 50.0 Å². The fraction of sp³-hybridized carbons (Fsp3) is 0. The Kier molecular flexibility index (Phi) is 8.95. The summed E-state index contributed by atoms with van der Waals surface area (Å²) in [5.74, 6) is 0.528. The van der Waals surface area contributed by atoms with Gasteiger partial charge in [-0.25, -0.2) is 0 Å². The molecule has 0 aliphatic carbocycles. The molecule has 4 heterocycles. The minimum atomic E-state index is -0.374. The number of aliphatic imine (C=N–C) groups is 3. The number of para-hydroxylation sites is 3. The van der Waals surface area contributed by atoms with Crippen molar-refractivity contribution in [3.8, 4) is 35.1 Å². The Morgan fingerprint density at radius 2 is 0.633 bits per heavy atom. The molecule has 0 atom stereocenters. The maximum absolute atomic E-state index is 13.9. The predicted octanol–water partition coefficient (Wildman–Crippen LogP) is 10.9. The quantitative estimate of drug-likeness (QED) is 0.146. The van der Waals surface area contributed by atoms with Crippen LogP contribution in [0.2, 0.25) is 0 Å². The van der Waals surface area contributed by atoms with Gasteiger partial charge in [-0.1, -0.05) is 54.6 Å². The minimum Gasteiger partial charge on any atom is -0.425 e. The van der Waals surface area contributed by atoms with Crippen LogP contribution in [0.25, 0.3) is 32.9 Å². The molecule has 0 N–H and O–H groups in total. The molecule has 0 amide bonds. The van der Waals surface area contributed by atoms with E-state index >= 15 is 0 Å². The van der Waals surface area contributed by atoms with Gasteiger partial charge in [0.15, 0.2) is 0 Å². The zero-order valence-electron chi connectivity index (χ0n) is 31.1. The van der Waals surface area contributed by atoms with Crippen molar-refractivity contribution >= 4 is 68.6 Å². The third-order valence-electron chi connectivity index (χ3n) is 9.51. The number of hydrogen-bond donors (Lipinski definition) is 0. The van der Waals surface area contributed by atoms with Crippen LogP contribution in [0, 0.1) is 0 Å². The van der Waals surface area contributed by atoms with Crippen molar-refractivity contribution in [3.05, 3.63) is 193 Å². The minimum absolute atomic E-state index is 0.0428. The molecule has 12 nitrogen and oxygen atoms in total. The van der Waals surface area contributed by atoms with E-state index < -0.39 is 0 Å². The second kappa shape index (κ2) is 15.0. The summed E-state index contributed by atoms with van der Waals surface area (Å²) in [5, 5.41) is 0.983. The van der Waals surface area contributed by atoms with Crippen LogP contribution >= 0.6 is 0 Å². The third-order valence-corrected chi connectivity index (χ3v) is 9.51. The van der Waals surface area contributed by atoms with Crippen LogP contribution < -0.4 is 30.5 Å². The number of rotatable bonds is 0. The first-order chi connectivity index (χ1) is 29.4. The Balaban J connectivity index is 1.16. The Morgan fingerprint density at radius 1 is 0.333 bits per heavy atom. The van der Waals surface area contributed by atoms with Gasteiger partial charge in [-0.15, -0.1) is 0 Å². The Morgan fingerprint density at radius 3 is 0.950 bits per heavy atom. The molecule has 0 spiro atoms. The summed E-state index contributed by atoms with van der Waals surface area (Å²) < 4.78 is 37.1. The van der Waals surface area contributed by atoms with Crippen molar-refractivity contribution < 1.29 is 27.5 Å². The molecule has 6 bridgehead atoms. The largest absolute Gasteiger partial charge is 0.425 e. The molecule has 288 valence electrons. The van der Waals surface area contributed by atoms with Crippen molar-refractivity contribution in [2.45, 2.75) is 0 Å². The van der Waals surface area contributed by atoms with Crippen LogP contribution in [0.4, 0.5) is 17.1 Å². The van der Waals surface area contributed by atoms with Crippen LogP contribution in [0.1, 0.15) is 16.7 Å². The Labute approximate surface area is 338 Å². The van der Waals surface area contributed by atoms with Gasteiger partial charge >= 0.3 is 17.8 Å². The van der Waals surface area contributed by atoms with E-state index in [4.69, 9.17) is 27.5 Å². The van der Waals surface area contributed by atoms with Gasteiger partial charge in [-0.05, 0) is 72.8 Å². The van der Waals surface area contributed by atoms with Crippen molar-refractivity contribution in [2.75, 3.05) is 0 Å². The lowest BCUT2D eigenvalue weighted by molar-refractivity contribution is 0.352. The van der Waals surface area contributed by atoms with Crippen LogP contribution in [-0.2, 0) is 0 Å². The van der Waals surface area contributed by atoms with E-state index in [1.54, 1.807) is 146 Å². The summed E-state index contributed by atoms with van der Waals surface area (Å²) in [6, 6.07) is 40.6. The summed E-state index contributed by atoms with van der Waals surface area (Å²) in [4.78, 5) is 55.6. The van der Waals surface area contributed by atoms with Crippen LogP contribution in [0.3, 0.4) is 0 Å². The zero-order chi connectivity index (χ0) is 40.6. The summed E-state index contributed by atoms with van der Waals surface area (Å²) in [7, 11) is 0. The second-order valence-corrected chi connectivity index (χ2v) is 13.5. The molecule has 6 aromatic carbocycles. The highest BCUT2D eigenvalue weighted by molar-refractivity contribution is 5.92. The molecule has 0 saturated carbocycles. The zero-order valence-corrected chi connectivity index (χ0v) is 31.1. The molecule has 9 aromatic rings. The summed E-state index contributed by atoms with van der Waals surface area (Å²) in [5.41, 5.74) is 1.16. The van der Waals surface area contributed by atoms with Gasteiger partial charge in [-0.3, -0.25) is 29.4 Å². The first-order valence-electron chi connectivity index (χ1n) is 18.6. The number of ether oxygens (including phenoxy) is 3. The van der Waals surface area contributed by atoms with E-state index in [2.05, 4.69) is 15.0 Å². The van der Waals surface area contributed by atoms with Gasteiger partial charge in [0.25, 0.3) is 0 Å². The lowest BCUT2D eigenvalue weighted by Gasteiger charge is -2.10. The maximum Gasteiger partial charge on any atom is 0.303 e. The fourth-order valence-corrected chi connectivity index (χ4v) is 6.59. The second-order valence-electron chi connectivity index (χ2n) is 13.5. The first-order valence-corrected chi connectivity index (χ1v) is 18.6. The lowest BCUT2D eigenvalue weighted by Crippen LogP contribution is -2.11. The molecule has 1 aliphatic heterocycles. The van der Waals surface area contributed by atoms with E-state index in [1.165, 1.54) is 18.6 Å². The van der Waals surface area contributed by atoms with Crippen molar-refractivity contribution in [1.82, 2.24) is 0 Å². The van der Waals surface area contributed by atoms with E-state index in [0.717, 1.165) is 0 Å². The average Bonchev–Trinajstić information content (AvgIpc) is 3.26. The molecule has 0 unspecified atom stereocenters. The predicted molar refractivity (Wildman–Crippen MR) is 229 cm³/mol. The fourth-order valence-electron chi connectivity index (χ4n) is 6.59. The summed E-state index contributed by atoms with van der Waals surface area (Å²) >= 11 is 0. The lowest BCUT2D eigenvalue weighted by atomic mass is 10.1. The number of benzene rings is 6. The molecule has 0 saturated heterocycles. The smallest absolute Gasteiger partial charge is 0.303 e. The molecule has 1 aliphatic rings. The molecule has 60 heavy (non-hydrogen) atoms. The topological polar surface area (TPSA) is 155 Å². The Bertz CT molecular complexity index is 3090. The third kappa shape index (κ3) is 6.90. The molecule has 0 fully saturated rings. The van der Waals surface area contributed by atoms with Crippen LogP contribution in [0.15, 0.2) is 188 Å². The van der Waals surface area contributed by atoms with E-state index in [-0.39, 0.29) is 68.1 Å². The standard InChI is InChI=1S/C48H27N3O9/c52-43-34-16-1-4-19-40(34)58-46-37(43)25-49-28-10-7-14-32(22-28)56-47-39(45(54)35-17-2-5-20-41(35)59-47)27-51-30-12-9-15-33(24-30)57-48-38(26-50-29-11-8-13-31(23-29)55-46)44(53)36-18-3-6-21-42(36)60-48/h1-27H. The van der Waals surface area contributed by atoms with Gasteiger partial charge in [-0.2, -0.15) is 0 Å². The van der Waals surface area contributed by atoms with Gasteiger partial charge in [0.05, 0.1) is 33.2 Å². The van der Waals surface area contributed by atoms with Gasteiger partial charge in [0.1, 0.15) is 50.7 Å². The monoisotopic (exact) mass is 789 g/mol. The highest BCUT2D eigenvalue weighted by Crippen LogP contribution is 2.34. The van der Waals surface area contributed by atoms with Gasteiger partial charge in [0, 0.05) is 36.8 Å². The average molecular weight is 790 g/mol. The normalized spacial score (nSPS) is 12.4. The molecule has 3 aromatic heterocycles. The molecule has 12 heteroatoms. The highest BCUT2D eigenvalue weighted by atomic mass is 16.6. The van der Waals surface area contributed by atoms with E-state index in [9.17, 15) is 14.4 Å². The number of hydrogen-bond acceptors (Lipinski definition) is 12. The molecular formula is C48H27N3O9. The SMILES string of the molecule is O=c1c2c(oc3ccccc13)Oc1cccc(c1)N=Cc1c(oc3ccccc3c1=O)Oc1cccc(c1)N=Cc1c(oc3ccccc3c1=O)Oc1cccc(c1)N=C2. The van der Waals surface area contributed by atoms with Gasteiger partial charge in [0.2, 0.25) is 16.3 Å². The molecular weight excluding hydrogens is 763 g/mol. The first kappa shape index (κ1) is 35.8. The van der Waals surface area contributed by atoms with Crippen molar-refractivity contribution in [2.24, 2.45) is 15.0 Å². The van der Waals surface area contributed by atoms with Crippen molar-refractivity contribution in [1.29, 1.82) is 0 Å². The summed E-state index contributed by atoms with van der Waals surface area (Å²) in [6.45, 7) is 0. The number of nitrogens with zero attached hydrogens (tertiary/aromatic N) is 3. The van der Waals surface area contributed by atoms with Gasteiger partial charge < -0.3 is 27.5 Å². The maximum atomic E-state index is 13.9. The summed E-state index contributed by atoms with van der Waals surface area (Å²) in [6.07, 6.45) is 4.07. The van der Waals surface area contributed by atoms with Crippen molar-refractivity contribution in [3.63, 3.8) is 0 Å². The highest BCUT2D eigenvalue weighted by Gasteiger charge is 2.19. The Hall–Kier alpha value is -8.64.